The zero-order chi connectivity index (χ0) is 17.5. The lowest BCUT2D eigenvalue weighted by molar-refractivity contribution is 0.0693. The van der Waals surface area contributed by atoms with Crippen LogP contribution in [0.5, 0.6) is 11.5 Å². The molecule has 7 heteroatoms. The maximum atomic E-state index is 12.1. The molecule has 0 spiro atoms. The maximum Gasteiger partial charge on any atom is 0.339 e. The second-order valence-corrected chi connectivity index (χ2v) is 5.61. The number of carbonyl (C=O) groups excluding carboxylic acids is 1. The summed E-state index contributed by atoms with van der Waals surface area (Å²) in [6.45, 7) is 0.574. The van der Waals surface area contributed by atoms with Crippen LogP contribution in [-0.2, 0) is 0 Å². The van der Waals surface area contributed by atoms with E-state index in [4.69, 9.17) is 14.6 Å². The highest BCUT2D eigenvalue weighted by atomic mass is 79.9. The summed E-state index contributed by atoms with van der Waals surface area (Å²) in [5.41, 5.74) is 0.184. The highest BCUT2D eigenvalue weighted by Gasteiger charge is 2.14. The maximum absolute atomic E-state index is 12.1. The smallest absolute Gasteiger partial charge is 0.339 e. The van der Waals surface area contributed by atoms with Crippen LogP contribution in [0, 0.1) is 0 Å². The number of rotatable bonds is 7. The summed E-state index contributed by atoms with van der Waals surface area (Å²) in [7, 11) is 1.38. The van der Waals surface area contributed by atoms with Gasteiger partial charge in [-0.15, -0.1) is 0 Å². The number of nitrogens with one attached hydrogen (secondary N) is 1. The lowest BCUT2D eigenvalue weighted by atomic mass is 10.1. The van der Waals surface area contributed by atoms with Crippen molar-refractivity contribution in [2.75, 3.05) is 20.3 Å². The molecule has 0 unspecified atom stereocenters. The van der Waals surface area contributed by atoms with Gasteiger partial charge in [0.1, 0.15) is 23.7 Å². The summed E-state index contributed by atoms with van der Waals surface area (Å²) >= 11 is 3.37. The Morgan fingerprint density at radius 1 is 1.17 bits per heavy atom. The van der Waals surface area contributed by atoms with Crippen LogP contribution in [0.3, 0.4) is 0 Å². The highest BCUT2D eigenvalue weighted by Crippen LogP contribution is 2.23. The van der Waals surface area contributed by atoms with E-state index in [1.165, 1.54) is 25.3 Å². The Hall–Kier alpha value is -2.54. The molecule has 0 bridgehead atoms. The molecule has 0 radical (unpaired) electrons. The van der Waals surface area contributed by atoms with Gasteiger partial charge in [0.15, 0.2) is 0 Å². The van der Waals surface area contributed by atoms with Gasteiger partial charge >= 0.3 is 5.97 Å². The fourth-order valence-corrected chi connectivity index (χ4v) is 2.40. The van der Waals surface area contributed by atoms with E-state index in [1.54, 1.807) is 0 Å². The number of benzene rings is 2. The van der Waals surface area contributed by atoms with Crippen molar-refractivity contribution >= 4 is 27.8 Å². The SMILES string of the molecule is COc1ccc(C(=O)NCCOc2ccccc2Br)cc1C(=O)O. The molecule has 0 aliphatic heterocycles. The van der Waals surface area contributed by atoms with Crippen LogP contribution < -0.4 is 14.8 Å². The highest BCUT2D eigenvalue weighted by molar-refractivity contribution is 9.10. The molecular formula is C17H16BrNO5. The number of hydrogen-bond acceptors (Lipinski definition) is 4. The molecule has 24 heavy (non-hydrogen) atoms. The third kappa shape index (κ3) is 4.48. The lowest BCUT2D eigenvalue weighted by Crippen LogP contribution is -2.28. The van der Waals surface area contributed by atoms with Crippen LogP contribution in [0.15, 0.2) is 46.9 Å². The number of carboxylic acids is 1. The molecule has 2 N–H and O–H groups in total. The average molecular weight is 394 g/mol. The minimum absolute atomic E-state index is 0.0605. The molecule has 0 aliphatic carbocycles. The molecule has 0 aromatic heterocycles. The van der Waals surface area contributed by atoms with E-state index in [1.807, 2.05) is 24.3 Å². The first-order valence-electron chi connectivity index (χ1n) is 7.09. The number of ether oxygens (including phenoxy) is 2. The van der Waals surface area contributed by atoms with Gasteiger partial charge in [-0.2, -0.15) is 0 Å². The first kappa shape index (κ1) is 17.8. The number of carbonyl (C=O) groups is 2. The van der Waals surface area contributed by atoms with Gasteiger partial charge < -0.3 is 19.9 Å². The third-order valence-corrected chi connectivity index (χ3v) is 3.83. The van der Waals surface area contributed by atoms with E-state index in [-0.39, 0.29) is 35.9 Å². The van der Waals surface area contributed by atoms with E-state index >= 15 is 0 Å². The minimum Gasteiger partial charge on any atom is -0.496 e. The number of carboxylic acid groups (broad SMARTS) is 1. The summed E-state index contributed by atoms with van der Waals surface area (Å²) in [6.07, 6.45) is 0. The second-order valence-electron chi connectivity index (χ2n) is 4.75. The Kier molecular flexibility index (Phi) is 6.20. The molecule has 0 fully saturated rings. The van der Waals surface area contributed by atoms with Crippen molar-refractivity contribution < 1.29 is 24.2 Å². The van der Waals surface area contributed by atoms with E-state index in [0.29, 0.717) is 5.75 Å². The molecule has 0 atom stereocenters. The first-order chi connectivity index (χ1) is 11.5. The van der Waals surface area contributed by atoms with Crippen LogP contribution in [0.25, 0.3) is 0 Å². The van der Waals surface area contributed by atoms with Gasteiger partial charge in [0.05, 0.1) is 18.1 Å². The van der Waals surface area contributed by atoms with E-state index in [0.717, 1.165) is 4.47 Å². The van der Waals surface area contributed by atoms with Gasteiger partial charge in [-0.1, -0.05) is 12.1 Å². The van der Waals surface area contributed by atoms with Crippen LogP contribution in [0.2, 0.25) is 0 Å². The summed E-state index contributed by atoms with van der Waals surface area (Å²) in [4.78, 5) is 23.3. The van der Waals surface area contributed by atoms with Crippen molar-refractivity contribution in [2.24, 2.45) is 0 Å². The van der Waals surface area contributed by atoms with Crippen molar-refractivity contribution in [2.45, 2.75) is 0 Å². The molecule has 0 aliphatic rings. The Morgan fingerprint density at radius 2 is 1.92 bits per heavy atom. The third-order valence-electron chi connectivity index (χ3n) is 3.17. The van der Waals surface area contributed by atoms with E-state index in [9.17, 15) is 9.59 Å². The molecule has 2 aromatic carbocycles. The quantitative estimate of drug-likeness (QED) is 0.706. The van der Waals surface area contributed by atoms with Crippen molar-refractivity contribution in [3.05, 3.63) is 58.1 Å². The van der Waals surface area contributed by atoms with Gasteiger partial charge in [0, 0.05) is 5.56 Å². The summed E-state index contributed by atoms with van der Waals surface area (Å²) < 4.78 is 11.3. The van der Waals surface area contributed by atoms with Crippen molar-refractivity contribution in [1.82, 2.24) is 5.32 Å². The number of amides is 1. The van der Waals surface area contributed by atoms with Crippen LogP contribution in [0.1, 0.15) is 20.7 Å². The zero-order valence-electron chi connectivity index (χ0n) is 12.9. The predicted octanol–water partition coefficient (Wildman–Crippen LogP) is 2.96. The second kappa shape index (κ2) is 8.35. The van der Waals surface area contributed by atoms with Crippen molar-refractivity contribution in [1.29, 1.82) is 0 Å². The topological polar surface area (TPSA) is 84.9 Å². The van der Waals surface area contributed by atoms with E-state index in [2.05, 4.69) is 21.2 Å². The molecule has 2 aromatic rings. The van der Waals surface area contributed by atoms with Gasteiger partial charge in [-0.25, -0.2) is 4.79 Å². The standard InChI is InChI=1S/C17H16BrNO5/c1-23-14-7-6-11(10-12(14)17(21)22)16(20)19-8-9-24-15-5-3-2-4-13(15)18/h2-7,10H,8-9H2,1H3,(H,19,20)(H,21,22). The fourth-order valence-electron chi connectivity index (χ4n) is 2.01. The van der Waals surface area contributed by atoms with Gasteiger partial charge in [-0.05, 0) is 46.3 Å². The fraction of sp³-hybridized carbons (Fsp3) is 0.176. The number of hydrogen-bond donors (Lipinski definition) is 2. The normalized spacial score (nSPS) is 10.1. The molecule has 126 valence electrons. The molecule has 2 rings (SSSR count). The van der Waals surface area contributed by atoms with Gasteiger partial charge in [0.2, 0.25) is 0 Å². The molecule has 6 nitrogen and oxygen atoms in total. The van der Waals surface area contributed by atoms with Crippen molar-refractivity contribution in [3.8, 4) is 11.5 Å². The molecular weight excluding hydrogens is 378 g/mol. The summed E-state index contributed by atoms with van der Waals surface area (Å²) in [5, 5.41) is 11.8. The van der Waals surface area contributed by atoms with Crippen LogP contribution >= 0.6 is 15.9 Å². The zero-order valence-corrected chi connectivity index (χ0v) is 14.5. The van der Waals surface area contributed by atoms with E-state index < -0.39 is 5.97 Å². The number of para-hydroxylation sites is 1. The number of halogens is 1. The molecule has 0 saturated heterocycles. The summed E-state index contributed by atoms with van der Waals surface area (Å²) in [5.74, 6) is -0.643. The number of aromatic carboxylic acids is 1. The average Bonchev–Trinajstić information content (AvgIpc) is 2.59. The molecule has 1 amide bonds. The first-order valence-corrected chi connectivity index (χ1v) is 7.89. The Labute approximate surface area is 147 Å². The largest absolute Gasteiger partial charge is 0.496 e. The summed E-state index contributed by atoms with van der Waals surface area (Å²) in [6, 6.07) is 11.6. The van der Waals surface area contributed by atoms with Gasteiger partial charge in [-0.3, -0.25) is 4.79 Å². The van der Waals surface area contributed by atoms with Gasteiger partial charge in [0.25, 0.3) is 5.91 Å². The van der Waals surface area contributed by atoms with Crippen molar-refractivity contribution in [3.63, 3.8) is 0 Å². The monoisotopic (exact) mass is 393 g/mol. The molecule has 0 heterocycles. The minimum atomic E-state index is -1.15. The van der Waals surface area contributed by atoms with Crippen LogP contribution in [-0.4, -0.2) is 37.2 Å². The molecule has 0 saturated carbocycles. The Balaban J connectivity index is 1.92. The predicted molar refractivity (Wildman–Crippen MR) is 91.9 cm³/mol. The van der Waals surface area contributed by atoms with Crippen LogP contribution in [0.4, 0.5) is 0 Å². The Bertz CT molecular complexity index is 748. The Morgan fingerprint density at radius 3 is 2.58 bits per heavy atom. The number of methoxy groups -OCH3 is 1. The lowest BCUT2D eigenvalue weighted by Gasteiger charge is -2.10.